The predicted octanol–water partition coefficient (Wildman–Crippen LogP) is 2.43. The summed E-state index contributed by atoms with van der Waals surface area (Å²) < 4.78 is 9.86. The summed E-state index contributed by atoms with van der Waals surface area (Å²) >= 11 is 0. The Kier molecular flexibility index (Phi) is 14.7. The van der Waals surface area contributed by atoms with Crippen LogP contribution >= 0.6 is 0 Å². The van der Waals surface area contributed by atoms with Gasteiger partial charge in [0.2, 0.25) is 0 Å². The molecule has 0 amide bonds. The minimum atomic E-state index is 0.0463. The third-order valence-corrected chi connectivity index (χ3v) is 0.788. The molecule has 0 spiro atoms. The molecule has 2 nitrogen and oxygen atoms in total. The van der Waals surface area contributed by atoms with Crippen molar-refractivity contribution in [1.29, 1.82) is 0 Å². The predicted molar refractivity (Wildman–Crippen MR) is 44.1 cm³/mol. The van der Waals surface area contributed by atoms with Gasteiger partial charge in [-0.25, -0.2) is 0 Å². The zero-order valence-electron chi connectivity index (χ0n) is 7.81. The first kappa shape index (κ1) is 12.6. The maximum atomic E-state index is 4.93. The van der Waals surface area contributed by atoms with Crippen molar-refractivity contribution in [3.05, 3.63) is 0 Å². The van der Waals surface area contributed by atoms with Crippen LogP contribution in [0.4, 0.5) is 0 Å². The molecular formula is C8H20O2. The van der Waals surface area contributed by atoms with Crippen LogP contribution in [-0.2, 0) is 9.47 Å². The lowest BCUT2D eigenvalue weighted by Crippen LogP contribution is -1.97. The third-order valence-electron chi connectivity index (χ3n) is 0.788. The molecule has 0 aliphatic carbocycles. The molecule has 1 heterocycles. The minimum Gasteiger partial charge on any atom is -0.351 e. The number of ether oxygens (including phenoxy) is 2. The maximum Gasteiger partial charge on any atom is 0.155 e. The van der Waals surface area contributed by atoms with Crippen molar-refractivity contribution in [2.24, 2.45) is 0 Å². The van der Waals surface area contributed by atoms with Gasteiger partial charge in [0.05, 0.1) is 13.2 Å². The molecule has 1 aliphatic heterocycles. The van der Waals surface area contributed by atoms with Crippen LogP contribution in [0.1, 0.15) is 34.6 Å². The van der Waals surface area contributed by atoms with Crippen molar-refractivity contribution in [2.45, 2.75) is 40.9 Å². The van der Waals surface area contributed by atoms with E-state index in [2.05, 4.69) is 0 Å². The lowest BCUT2D eigenvalue weighted by Gasteiger charge is -1.94. The molecule has 1 aliphatic rings. The average Bonchev–Trinajstić information content (AvgIpc) is 2.48. The minimum absolute atomic E-state index is 0.0463. The number of rotatable bonds is 0. The number of hydrogen-bond donors (Lipinski definition) is 0. The molecule has 0 atom stereocenters. The molecule has 0 aromatic carbocycles. The monoisotopic (exact) mass is 148 g/mol. The second-order valence-electron chi connectivity index (χ2n) is 1.31. The van der Waals surface area contributed by atoms with Crippen LogP contribution in [0.2, 0.25) is 0 Å². The molecule has 0 aromatic heterocycles. The second-order valence-corrected chi connectivity index (χ2v) is 1.31. The van der Waals surface area contributed by atoms with Gasteiger partial charge in [-0.3, -0.25) is 0 Å². The van der Waals surface area contributed by atoms with E-state index in [1.807, 2.05) is 34.6 Å². The van der Waals surface area contributed by atoms with E-state index >= 15 is 0 Å². The van der Waals surface area contributed by atoms with Crippen LogP contribution in [0.5, 0.6) is 0 Å². The zero-order chi connectivity index (χ0) is 8.41. The summed E-state index contributed by atoms with van der Waals surface area (Å²) in [7, 11) is 0. The molecular weight excluding hydrogens is 128 g/mol. The first-order chi connectivity index (χ1) is 4.89. The van der Waals surface area contributed by atoms with Gasteiger partial charge in [0.15, 0.2) is 6.29 Å². The van der Waals surface area contributed by atoms with Crippen LogP contribution in [0, 0.1) is 0 Å². The summed E-state index contributed by atoms with van der Waals surface area (Å²) in [5.41, 5.74) is 0. The first-order valence-electron chi connectivity index (χ1n) is 4.13. The normalized spacial score (nSPS) is 16.5. The molecule has 0 saturated carbocycles. The Hall–Kier alpha value is -0.0800. The van der Waals surface area contributed by atoms with E-state index in [4.69, 9.17) is 9.47 Å². The van der Waals surface area contributed by atoms with E-state index in [0.29, 0.717) is 0 Å². The van der Waals surface area contributed by atoms with Gasteiger partial charge in [0, 0.05) is 0 Å². The summed E-state index contributed by atoms with van der Waals surface area (Å²) in [6, 6.07) is 0. The molecule has 0 bridgehead atoms. The highest BCUT2D eigenvalue weighted by molar-refractivity contribution is 4.40. The van der Waals surface area contributed by atoms with Crippen LogP contribution in [-0.4, -0.2) is 19.5 Å². The summed E-state index contributed by atoms with van der Waals surface area (Å²) in [5, 5.41) is 0. The molecule has 2 heteroatoms. The molecule has 0 radical (unpaired) electrons. The highest BCUT2D eigenvalue weighted by Crippen LogP contribution is 1.99. The lowest BCUT2D eigenvalue weighted by molar-refractivity contribution is -0.0254. The Morgan fingerprint density at radius 1 is 0.900 bits per heavy atom. The Labute approximate surface area is 64.5 Å². The van der Waals surface area contributed by atoms with Gasteiger partial charge in [-0.15, -0.1) is 0 Å². The standard InChI is InChI=1S/C4H8O2.2C2H6/c1-4-5-2-3-6-4;2*1-2/h4H,2-3H2,1H3;2*1-2H3. The van der Waals surface area contributed by atoms with Crippen molar-refractivity contribution < 1.29 is 9.47 Å². The molecule has 1 saturated heterocycles. The van der Waals surface area contributed by atoms with Gasteiger partial charge in [-0.05, 0) is 6.92 Å². The Bertz CT molecular complexity index is 40.5. The molecule has 0 unspecified atom stereocenters. The zero-order valence-corrected chi connectivity index (χ0v) is 7.81. The smallest absolute Gasteiger partial charge is 0.155 e. The lowest BCUT2D eigenvalue weighted by atomic mass is 10.8. The van der Waals surface area contributed by atoms with E-state index in [0.717, 1.165) is 13.2 Å². The van der Waals surface area contributed by atoms with E-state index in [9.17, 15) is 0 Å². The van der Waals surface area contributed by atoms with Crippen molar-refractivity contribution in [3.8, 4) is 0 Å². The molecule has 1 rings (SSSR count). The fourth-order valence-corrected chi connectivity index (χ4v) is 0.476. The molecule has 0 N–H and O–H groups in total. The van der Waals surface area contributed by atoms with E-state index in [-0.39, 0.29) is 6.29 Å². The van der Waals surface area contributed by atoms with E-state index in [1.165, 1.54) is 0 Å². The second kappa shape index (κ2) is 11.7. The van der Waals surface area contributed by atoms with Crippen LogP contribution in [0.3, 0.4) is 0 Å². The Morgan fingerprint density at radius 2 is 1.20 bits per heavy atom. The van der Waals surface area contributed by atoms with Crippen molar-refractivity contribution in [2.75, 3.05) is 13.2 Å². The van der Waals surface area contributed by atoms with Crippen molar-refractivity contribution in [1.82, 2.24) is 0 Å². The SMILES string of the molecule is CC.CC.CC1OCCO1. The number of hydrogen-bond acceptors (Lipinski definition) is 2. The quantitative estimate of drug-likeness (QED) is 0.525. The van der Waals surface area contributed by atoms with Gasteiger partial charge < -0.3 is 9.47 Å². The molecule has 64 valence electrons. The fraction of sp³-hybridized carbons (Fsp3) is 1.00. The molecule has 0 aromatic rings. The fourth-order valence-electron chi connectivity index (χ4n) is 0.476. The average molecular weight is 148 g/mol. The third kappa shape index (κ3) is 7.92. The summed E-state index contributed by atoms with van der Waals surface area (Å²) in [6.07, 6.45) is 0.0463. The van der Waals surface area contributed by atoms with Crippen LogP contribution in [0.25, 0.3) is 0 Å². The van der Waals surface area contributed by atoms with Crippen LogP contribution < -0.4 is 0 Å². The van der Waals surface area contributed by atoms with E-state index < -0.39 is 0 Å². The highest BCUT2D eigenvalue weighted by Gasteiger charge is 2.07. The Morgan fingerprint density at radius 3 is 1.30 bits per heavy atom. The van der Waals surface area contributed by atoms with Gasteiger partial charge in [0.1, 0.15) is 0 Å². The van der Waals surface area contributed by atoms with Gasteiger partial charge >= 0.3 is 0 Å². The first-order valence-corrected chi connectivity index (χ1v) is 4.13. The Balaban J connectivity index is 0. The van der Waals surface area contributed by atoms with Gasteiger partial charge in [-0.2, -0.15) is 0 Å². The van der Waals surface area contributed by atoms with Crippen molar-refractivity contribution in [3.63, 3.8) is 0 Å². The van der Waals surface area contributed by atoms with Gasteiger partial charge in [-0.1, -0.05) is 27.7 Å². The van der Waals surface area contributed by atoms with Gasteiger partial charge in [0.25, 0.3) is 0 Å². The molecule has 1 fully saturated rings. The largest absolute Gasteiger partial charge is 0.351 e. The highest BCUT2D eigenvalue weighted by atomic mass is 16.7. The van der Waals surface area contributed by atoms with E-state index in [1.54, 1.807) is 0 Å². The molecule has 10 heavy (non-hydrogen) atoms. The summed E-state index contributed by atoms with van der Waals surface area (Å²) in [6.45, 7) is 11.4. The van der Waals surface area contributed by atoms with Crippen molar-refractivity contribution >= 4 is 0 Å². The maximum absolute atomic E-state index is 4.93. The summed E-state index contributed by atoms with van der Waals surface area (Å²) in [5.74, 6) is 0. The topological polar surface area (TPSA) is 18.5 Å². The summed E-state index contributed by atoms with van der Waals surface area (Å²) in [4.78, 5) is 0. The van der Waals surface area contributed by atoms with Crippen LogP contribution in [0.15, 0.2) is 0 Å².